The third-order valence-corrected chi connectivity index (χ3v) is 8.98. The van der Waals surface area contributed by atoms with Crippen molar-refractivity contribution in [3.8, 4) is 11.3 Å². The third-order valence-electron chi connectivity index (χ3n) is 6.06. The Labute approximate surface area is 201 Å². The van der Waals surface area contributed by atoms with Crippen LogP contribution in [0.3, 0.4) is 0 Å². The van der Waals surface area contributed by atoms with E-state index >= 15 is 0 Å². The van der Waals surface area contributed by atoms with Gasteiger partial charge in [0.15, 0.2) is 0 Å². The van der Waals surface area contributed by atoms with Crippen molar-refractivity contribution in [2.45, 2.75) is 36.9 Å². The van der Waals surface area contributed by atoms with E-state index in [1.165, 1.54) is 11.3 Å². The summed E-state index contributed by atoms with van der Waals surface area (Å²) in [6.07, 6.45) is 1.08. The Morgan fingerprint density at radius 1 is 1.15 bits per heavy atom. The molecule has 4 heterocycles. The Kier molecular flexibility index (Phi) is 5.97. The maximum atomic E-state index is 13.6. The maximum absolute atomic E-state index is 13.6. The molecule has 10 heteroatoms. The van der Waals surface area contributed by atoms with Gasteiger partial charge in [-0.3, -0.25) is 4.79 Å². The molecule has 0 spiro atoms. The van der Waals surface area contributed by atoms with Gasteiger partial charge in [0.05, 0.1) is 22.3 Å². The topological polar surface area (TPSA) is 105 Å². The van der Waals surface area contributed by atoms with Crippen molar-refractivity contribution in [2.75, 3.05) is 13.1 Å². The number of likely N-dealkylation sites (tertiary alicyclic amines) is 1. The number of aryl methyl sites for hydroxylation is 2. The Balaban J connectivity index is 1.37. The van der Waals surface area contributed by atoms with Crippen LogP contribution >= 0.6 is 11.3 Å². The molecule has 1 saturated heterocycles. The van der Waals surface area contributed by atoms with Crippen molar-refractivity contribution in [3.05, 3.63) is 64.7 Å². The van der Waals surface area contributed by atoms with Gasteiger partial charge in [0, 0.05) is 24.7 Å². The number of nitrogens with one attached hydrogen (secondary N) is 1. The number of sulfonamides is 1. The zero-order chi connectivity index (χ0) is 23.9. The molecule has 4 aromatic rings. The minimum Gasteiger partial charge on any atom is -0.339 e. The lowest BCUT2D eigenvalue weighted by atomic mass is 10.0. The quantitative estimate of drug-likeness (QED) is 0.445. The Bertz CT molecular complexity index is 1440. The van der Waals surface area contributed by atoms with E-state index in [0.29, 0.717) is 58.2 Å². The molecule has 8 nitrogen and oxygen atoms in total. The second-order valence-corrected chi connectivity index (χ2v) is 11.4. The second-order valence-electron chi connectivity index (χ2n) is 8.49. The number of carbonyl (C=O) groups excluding carboxylic acids is 1. The van der Waals surface area contributed by atoms with Crippen LogP contribution in [0.5, 0.6) is 0 Å². The number of nitrogens with zero attached hydrogens (tertiary/aromatic N) is 3. The summed E-state index contributed by atoms with van der Waals surface area (Å²) < 4.78 is 33.6. The van der Waals surface area contributed by atoms with Crippen molar-refractivity contribution < 1.29 is 17.7 Å². The molecule has 1 aliphatic heterocycles. The average Bonchev–Trinajstić information content (AvgIpc) is 3.50. The predicted octanol–water partition coefficient (Wildman–Crippen LogP) is 4.15. The number of hydrogen-bond acceptors (Lipinski definition) is 7. The fourth-order valence-corrected chi connectivity index (χ4v) is 6.51. The minimum absolute atomic E-state index is 0.133. The lowest BCUT2D eigenvalue weighted by Gasteiger charge is -2.32. The molecule has 0 aliphatic carbocycles. The number of benzene rings is 1. The van der Waals surface area contributed by atoms with E-state index in [4.69, 9.17) is 4.52 Å². The molecule has 3 aromatic heterocycles. The van der Waals surface area contributed by atoms with Gasteiger partial charge in [-0.25, -0.2) is 18.1 Å². The Morgan fingerprint density at radius 2 is 1.88 bits per heavy atom. The Morgan fingerprint density at radius 3 is 2.56 bits per heavy atom. The fraction of sp³-hybridized carbons (Fsp3) is 0.292. The molecule has 1 aliphatic rings. The SMILES string of the molecule is Cc1ccc(-c2cc(C(=O)N3CCC(NS(=O)(=O)c4cccs4)CC3)c3c(C)noc3n2)cc1. The van der Waals surface area contributed by atoms with E-state index in [2.05, 4.69) is 14.9 Å². The molecular weight excluding hydrogens is 472 g/mol. The van der Waals surface area contributed by atoms with Gasteiger partial charge in [-0.15, -0.1) is 11.3 Å². The van der Waals surface area contributed by atoms with E-state index < -0.39 is 10.0 Å². The van der Waals surface area contributed by atoms with Crippen molar-refractivity contribution in [3.63, 3.8) is 0 Å². The van der Waals surface area contributed by atoms with Gasteiger partial charge in [0.1, 0.15) is 4.21 Å². The molecule has 0 saturated carbocycles. The van der Waals surface area contributed by atoms with Crippen LogP contribution in [0.2, 0.25) is 0 Å². The van der Waals surface area contributed by atoms with E-state index in [0.717, 1.165) is 11.1 Å². The maximum Gasteiger partial charge on any atom is 0.259 e. The Hall–Kier alpha value is -3.08. The number of rotatable bonds is 5. The number of carbonyl (C=O) groups is 1. The number of thiophene rings is 1. The van der Waals surface area contributed by atoms with Crippen LogP contribution in [-0.4, -0.2) is 48.5 Å². The number of aromatic nitrogens is 2. The monoisotopic (exact) mass is 496 g/mol. The summed E-state index contributed by atoms with van der Waals surface area (Å²) in [5.74, 6) is -0.133. The predicted molar refractivity (Wildman–Crippen MR) is 130 cm³/mol. The molecule has 0 bridgehead atoms. The van der Waals surface area contributed by atoms with Gasteiger partial charge >= 0.3 is 0 Å². The highest BCUT2D eigenvalue weighted by Gasteiger charge is 2.29. The van der Waals surface area contributed by atoms with Gasteiger partial charge in [0.25, 0.3) is 11.6 Å². The smallest absolute Gasteiger partial charge is 0.259 e. The molecular formula is C24H24N4O4S2. The molecule has 1 N–H and O–H groups in total. The van der Waals surface area contributed by atoms with Gasteiger partial charge < -0.3 is 9.42 Å². The molecule has 0 radical (unpaired) electrons. The molecule has 0 unspecified atom stereocenters. The van der Waals surface area contributed by atoms with Crippen molar-refractivity contribution in [1.29, 1.82) is 0 Å². The summed E-state index contributed by atoms with van der Waals surface area (Å²) in [5, 5.41) is 6.38. The normalized spacial score (nSPS) is 15.2. The van der Waals surface area contributed by atoms with Crippen LogP contribution in [0.15, 0.2) is 56.6 Å². The highest BCUT2D eigenvalue weighted by molar-refractivity contribution is 7.91. The van der Waals surface area contributed by atoms with E-state index in [9.17, 15) is 13.2 Å². The van der Waals surface area contributed by atoms with E-state index in [1.54, 1.807) is 35.4 Å². The lowest BCUT2D eigenvalue weighted by molar-refractivity contribution is 0.0713. The summed E-state index contributed by atoms with van der Waals surface area (Å²) in [6.45, 7) is 4.70. The number of amides is 1. The molecule has 1 aromatic carbocycles. The first-order chi connectivity index (χ1) is 16.3. The zero-order valence-corrected chi connectivity index (χ0v) is 20.4. The summed E-state index contributed by atoms with van der Waals surface area (Å²) in [6, 6.07) is 12.8. The molecule has 5 rings (SSSR count). The highest BCUT2D eigenvalue weighted by atomic mass is 32.2. The van der Waals surface area contributed by atoms with Crippen LogP contribution in [0, 0.1) is 13.8 Å². The first kappa shape index (κ1) is 22.7. The van der Waals surface area contributed by atoms with Crippen LogP contribution in [0.4, 0.5) is 0 Å². The number of pyridine rings is 1. The van der Waals surface area contributed by atoms with Crippen LogP contribution < -0.4 is 4.72 Å². The number of piperidine rings is 1. The molecule has 1 fully saturated rings. The summed E-state index contributed by atoms with van der Waals surface area (Å²) in [7, 11) is -3.54. The summed E-state index contributed by atoms with van der Waals surface area (Å²) >= 11 is 1.19. The first-order valence-corrected chi connectivity index (χ1v) is 13.4. The standard InChI is InChI=1S/C24H24N4O4S2/c1-15-5-7-17(8-6-15)20-14-19(22-16(2)26-32-23(22)25-20)24(29)28-11-9-18(10-12-28)27-34(30,31)21-4-3-13-33-21/h3-8,13-14,18,27H,9-12H2,1-2H3. The fourth-order valence-electron chi connectivity index (χ4n) is 4.20. The van der Waals surface area contributed by atoms with Gasteiger partial charge in [-0.1, -0.05) is 41.1 Å². The van der Waals surface area contributed by atoms with Crippen molar-refractivity contribution in [2.24, 2.45) is 0 Å². The zero-order valence-electron chi connectivity index (χ0n) is 18.8. The van der Waals surface area contributed by atoms with Gasteiger partial charge in [-0.05, 0) is 44.2 Å². The van der Waals surface area contributed by atoms with Crippen molar-refractivity contribution >= 4 is 38.4 Å². The summed E-state index contributed by atoms with van der Waals surface area (Å²) in [5.41, 5.74) is 4.10. The molecule has 1 amide bonds. The third kappa shape index (κ3) is 4.36. The van der Waals surface area contributed by atoms with Crippen LogP contribution in [-0.2, 0) is 10.0 Å². The lowest BCUT2D eigenvalue weighted by Crippen LogP contribution is -2.46. The van der Waals surface area contributed by atoms with E-state index in [1.807, 2.05) is 31.2 Å². The summed E-state index contributed by atoms with van der Waals surface area (Å²) in [4.78, 5) is 19.9. The first-order valence-electron chi connectivity index (χ1n) is 11.0. The highest BCUT2D eigenvalue weighted by Crippen LogP contribution is 2.29. The van der Waals surface area contributed by atoms with Crippen LogP contribution in [0.1, 0.15) is 34.5 Å². The second kappa shape index (κ2) is 8.94. The number of hydrogen-bond donors (Lipinski definition) is 1. The largest absolute Gasteiger partial charge is 0.339 e. The van der Waals surface area contributed by atoms with Crippen molar-refractivity contribution in [1.82, 2.24) is 19.8 Å². The average molecular weight is 497 g/mol. The van der Waals surface area contributed by atoms with Gasteiger partial charge in [0.2, 0.25) is 10.0 Å². The van der Waals surface area contributed by atoms with Gasteiger partial charge in [-0.2, -0.15) is 0 Å². The molecule has 34 heavy (non-hydrogen) atoms. The van der Waals surface area contributed by atoms with E-state index in [-0.39, 0.29) is 11.9 Å². The van der Waals surface area contributed by atoms with Crippen LogP contribution in [0.25, 0.3) is 22.4 Å². The molecule has 0 atom stereocenters. The molecule has 176 valence electrons. The minimum atomic E-state index is -3.54. The number of fused-ring (bicyclic) bond motifs is 1.